The number of rotatable bonds is 2. The molecule has 0 aromatic heterocycles. The molecule has 2 aliphatic heterocycles. The number of hydrogen-bond acceptors (Lipinski definition) is 4. The van der Waals surface area contributed by atoms with E-state index in [1.54, 1.807) is 30.3 Å². The summed E-state index contributed by atoms with van der Waals surface area (Å²) in [6, 6.07) is 11.2. The number of carbonyl (C=O) groups is 2. The van der Waals surface area contributed by atoms with Crippen LogP contribution >= 0.6 is 11.6 Å². The average molecular weight is 377 g/mol. The molecule has 0 unspecified atom stereocenters. The van der Waals surface area contributed by atoms with Crippen LogP contribution in [0.2, 0.25) is 5.02 Å². The highest BCUT2D eigenvalue weighted by Crippen LogP contribution is 2.33. The lowest BCUT2D eigenvalue weighted by atomic mass is 10.2. The third-order valence-corrected chi connectivity index (χ3v) is 6.45. The van der Waals surface area contributed by atoms with Crippen LogP contribution in [-0.2, 0) is 21.2 Å². The molecule has 2 aliphatic rings. The zero-order chi connectivity index (χ0) is 17.8. The summed E-state index contributed by atoms with van der Waals surface area (Å²) in [6.07, 6.45) is 0.641. The van der Waals surface area contributed by atoms with E-state index in [4.69, 9.17) is 11.6 Å². The van der Waals surface area contributed by atoms with Gasteiger partial charge in [-0.15, -0.1) is 0 Å². The molecule has 25 heavy (non-hydrogen) atoms. The SMILES string of the molecule is O=C(CN1C(=O)c2ccccc2S1(=O)=O)N1CCc2cc(Cl)ccc21. The molecule has 0 atom stereocenters. The Morgan fingerprint density at radius 1 is 1.16 bits per heavy atom. The van der Waals surface area contributed by atoms with Crippen LogP contribution in [0.1, 0.15) is 15.9 Å². The number of amides is 2. The minimum atomic E-state index is -3.99. The van der Waals surface area contributed by atoms with Crippen LogP contribution in [0, 0.1) is 0 Å². The minimum absolute atomic E-state index is 0.0543. The molecule has 2 aromatic carbocycles. The predicted molar refractivity (Wildman–Crippen MR) is 92.2 cm³/mol. The van der Waals surface area contributed by atoms with Crippen molar-refractivity contribution in [3.05, 3.63) is 58.6 Å². The maximum absolute atomic E-state index is 12.7. The fourth-order valence-corrected chi connectivity index (χ4v) is 4.94. The predicted octanol–water partition coefficient (Wildman–Crippen LogP) is 2.07. The largest absolute Gasteiger partial charge is 0.310 e. The van der Waals surface area contributed by atoms with Gasteiger partial charge in [-0.2, -0.15) is 0 Å². The van der Waals surface area contributed by atoms with Gasteiger partial charge in [-0.1, -0.05) is 23.7 Å². The van der Waals surface area contributed by atoms with E-state index in [1.165, 1.54) is 17.0 Å². The van der Waals surface area contributed by atoms with Gasteiger partial charge in [-0.05, 0) is 42.3 Å². The number of carbonyl (C=O) groups excluding carboxylic acids is 2. The smallest absolute Gasteiger partial charge is 0.269 e. The first-order chi connectivity index (χ1) is 11.9. The molecule has 8 heteroatoms. The molecule has 0 saturated heterocycles. The summed E-state index contributed by atoms with van der Waals surface area (Å²) in [6.45, 7) is -0.0819. The molecule has 0 fully saturated rings. The number of hydrogen-bond donors (Lipinski definition) is 0. The molecule has 2 aromatic rings. The average Bonchev–Trinajstić information content (AvgIpc) is 3.08. The highest BCUT2D eigenvalue weighted by Gasteiger charge is 2.42. The van der Waals surface area contributed by atoms with Gasteiger partial charge in [0.05, 0.1) is 5.56 Å². The van der Waals surface area contributed by atoms with Crippen LogP contribution < -0.4 is 4.90 Å². The summed E-state index contributed by atoms with van der Waals surface area (Å²) in [5, 5.41) is 0.584. The zero-order valence-corrected chi connectivity index (χ0v) is 14.5. The van der Waals surface area contributed by atoms with Crippen LogP contribution in [0.5, 0.6) is 0 Å². The minimum Gasteiger partial charge on any atom is -0.310 e. The number of halogens is 1. The number of anilines is 1. The number of nitrogens with zero attached hydrogens (tertiary/aromatic N) is 2. The second-order valence-electron chi connectivity index (χ2n) is 5.88. The van der Waals surface area contributed by atoms with Crippen molar-refractivity contribution in [2.45, 2.75) is 11.3 Å². The molecule has 0 bridgehead atoms. The molecule has 128 valence electrons. The molecule has 6 nitrogen and oxygen atoms in total. The summed E-state index contributed by atoms with van der Waals surface area (Å²) < 4.78 is 25.8. The molecule has 0 saturated carbocycles. The summed E-state index contributed by atoms with van der Waals surface area (Å²) in [4.78, 5) is 26.5. The van der Waals surface area contributed by atoms with Crippen molar-refractivity contribution in [1.29, 1.82) is 0 Å². The van der Waals surface area contributed by atoms with Gasteiger partial charge >= 0.3 is 0 Å². The molecule has 4 rings (SSSR count). The van der Waals surface area contributed by atoms with Crippen molar-refractivity contribution in [2.24, 2.45) is 0 Å². The Bertz CT molecular complexity index is 1020. The third-order valence-electron chi connectivity index (χ3n) is 4.43. The van der Waals surface area contributed by atoms with Gasteiger partial charge in [0, 0.05) is 17.3 Å². The fourth-order valence-electron chi connectivity index (χ4n) is 3.22. The zero-order valence-electron chi connectivity index (χ0n) is 13.0. The van der Waals surface area contributed by atoms with Crippen molar-refractivity contribution in [2.75, 3.05) is 18.0 Å². The van der Waals surface area contributed by atoms with Crippen LogP contribution in [-0.4, -0.2) is 37.6 Å². The Kier molecular flexibility index (Phi) is 3.59. The van der Waals surface area contributed by atoms with Crippen molar-refractivity contribution in [1.82, 2.24) is 4.31 Å². The topological polar surface area (TPSA) is 74.8 Å². The lowest BCUT2D eigenvalue weighted by Crippen LogP contribution is -2.42. The molecular formula is C17H13ClN2O4S. The second kappa shape index (κ2) is 5.57. The summed E-state index contributed by atoms with van der Waals surface area (Å²) in [5.74, 6) is -1.11. The molecule has 0 radical (unpaired) electrons. The van der Waals surface area contributed by atoms with Crippen molar-refractivity contribution < 1.29 is 18.0 Å². The van der Waals surface area contributed by atoms with Crippen molar-refractivity contribution >= 4 is 39.1 Å². The van der Waals surface area contributed by atoms with Gasteiger partial charge in [-0.3, -0.25) is 9.59 Å². The lowest BCUT2D eigenvalue weighted by Gasteiger charge is -2.21. The van der Waals surface area contributed by atoms with E-state index < -0.39 is 28.4 Å². The molecule has 0 N–H and O–H groups in total. The maximum Gasteiger partial charge on any atom is 0.269 e. The quantitative estimate of drug-likeness (QED) is 0.804. The van der Waals surface area contributed by atoms with Crippen LogP contribution in [0.3, 0.4) is 0 Å². The van der Waals surface area contributed by atoms with E-state index in [1.807, 2.05) is 0 Å². The van der Waals surface area contributed by atoms with Gasteiger partial charge in [0.2, 0.25) is 5.91 Å². The van der Waals surface area contributed by atoms with Crippen LogP contribution in [0.15, 0.2) is 47.4 Å². The van der Waals surface area contributed by atoms with E-state index in [-0.39, 0.29) is 10.5 Å². The lowest BCUT2D eigenvalue weighted by molar-refractivity contribution is -0.118. The molecule has 0 spiro atoms. The molecule has 2 heterocycles. The van der Waals surface area contributed by atoms with Crippen LogP contribution in [0.4, 0.5) is 5.69 Å². The first-order valence-corrected chi connectivity index (χ1v) is 9.46. The third kappa shape index (κ3) is 2.42. The first kappa shape index (κ1) is 16.1. The van der Waals surface area contributed by atoms with Crippen molar-refractivity contribution in [3.8, 4) is 0 Å². The number of fused-ring (bicyclic) bond motifs is 2. The number of sulfonamides is 1. The first-order valence-electron chi connectivity index (χ1n) is 7.64. The van der Waals surface area contributed by atoms with Gasteiger partial charge in [0.15, 0.2) is 0 Å². The van der Waals surface area contributed by atoms with Crippen LogP contribution in [0.25, 0.3) is 0 Å². The van der Waals surface area contributed by atoms with E-state index in [9.17, 15) is 18.0 Å². The Balaban J connectivity index is 1.62. The Hall–Kier alpha value is -2.38. The Morgan fingerprint density at radius 2 is 1.92 bits per heavy atom. The second-order valence-corrected chi connectivity index (χ2v) is 8.15. The van der Waals surface area contributed by atoms with E-state index in [0.717, 1.165) is 5.56 Å². The maximum atomic E-state index is 12.7. The molecule has 2 amide bonds. The summed E-state index contributed by atoms with van der Waals surface area (Å²) in [7, 11) is -3.99. The van der Waals surface area contributed by atoms with Crippen molar-refractivity contribution in [3.63, 3.8) is 0 Å². The highest BCUT2D eigenvalue weighted by molar-refractivity contribution is 7.90. The Morgan fingerprint density at radius 3 is 2.68 bits per heavy atom. The van der Waals surface area contributed by atoms with Gasteiger partial charge in [0.1, 0.15) is 11.4 Å². The van der Waals surface area contributed by atoms with E-state index in [0.29, 0.717) is 28.0 Å². The van der Waals surface area contributed by atoms with Gasteiger partial charge < -0.3 is 4.90 Å². The Labute approximate surface area is 149 Å². The monoisotopic (exact) mass is 376 g/mol. The van der Waals surface area contributed by atoms with E-state index >= 15 is 0 Å². The molecule has 0 aliphatic carbocycles. The fraction of sp³-hybridized carbons (Fsp3) is 0.176. The standard InChI is InChI=1S/C17H13ClN2O4S/c18-12-5-6-14-11(9-12)7-8-19(14)16(21)10-20-17(22)13-3-1-2-4-15(13)25(20,23)24/h1-6,9H,7-8,10H2. The van der Waals surface area contributed by atoms with E-state index in [2.05, 4.69) is 0 Å². The van der Waals surface area contributed by atoms with Gasteiger partial charge in [-0.25, -0.2) is 12.7 Å². The highest BCUT2D eigenvalue weighted by atomic mass is 35.5. The normalized spacial score (nSPS) is 17.6. The molecular weight excluding hydrogens is 364 g/mol. The summed E-state index contributed by atoms with van der Waals surface area (Å²) in [5.41, 5.74) is 1.74. The number of benzene rings is 2. The summed E-state index contributed by atoms with van der Waals surface area (Å²) >= 11 is 5.96. The van der Waals surface area contributed by atoms with Gasteiger partial charge in [0.25, 0.3) is 15.9 Å².